The predicted molar refractivity (Wildman–Crippen MR) is 338 cm³/mol. The second-order valence-corrected chi connectivity index (χ2v) is 28.9. The van der Waals surface area contributed by atoms with Gasteiger partial charge >= 0.3 is 12.4 Å². The fourth-order valence-corrected chi connectivity index (χ4v) is 22.9. The Kier molecular flexibility index (Phi) is 12.8. The van der Waals surface area contributed by atoms with E-state index in [0.29, 0.717) is 33.2 Å². The number of hydrogen-bond acceptors (Lipinski definition) is 0. The lowest BCUT2D eigenvalue weighted by molar-refractivity contribution is -0.138. The van der Waals surface area contributed by atoms with Crippen LogP contribution in [0.3, 0.4) is 0 Å². The van der Waals surface area contributed by atoms with E-state index in [-0.39, 0.29) is 11.4 Å². The molecule has 12 aromatic carbocycles. The van der Waals surface area contributed by atoms with E-state index in [1.165, 1.54) is 24.3 Å². The average Bonchev–Trinajstić information content (AvgIpc) is 1.66. The quantitative estimate of drug-likeness (QED) is 0.0694. The van der Waals surface area contributed by atoms with Gasteiger partial charge in [-0.3, -0.25) is 0 Å². The maximum atomic E-state index is 16.1. The zero-order valence-electron chi connectivity index (χ0n) is 45.0. The van der Waals surface area contributed by atoms with E-state index in [1.807, 2.05) is 72.8 Å². The summed E-state index contributed by atoms with van der Waals surface area (Å²) >= 11 is 0. The van der Waals surface area contributed by atoms with E-state index in [9.17, 15) is 0 Å². The van der Waals surface area contributed by atoms with Gasteiger partial charge in [-0.25, -0.2) is 0 Å². The maximum Gasteiger partial charge on any atom is 0.418 e. The first-order valence-electron chi connectivity index (χ1n) is 27.8. The normalized spacial score (nSPS) is 12.4. The van der Waals surface area contributed by atoms with Crippen molar-refractivity contribution < 1.29 is 26.3 Å². The number of benzene rings is 12. The third kappa shape index (κ3) is 8.46. The Labute approximate surface area is 483 Å². The topological polar surface area (TPSA) is 9.86 Å². The van der Waals surface area contributed by atoms with Gasteiger partial charge in [-0.1, -0.05) is 255 Å². The van der Waals surface area contributed by atoms with Crippen molar-refractivity contribution in [1.82, 2.24) is 9.13 Å². The molecule has 2 aromatic heterocycles. The van der Waals surface area contributed by atoms with Gasteiger partial charge in [0.1, 0.15) is 0 Å². The molecule has 14 aromatic rings. The van der Waals surface area contributed by atoms with E-state index < -0.39 is 39.6 Å². The maximum absolute atomic E-state index is 16.1. The average molecular weight is 1140 g/mol. The van der Waals surface area contributed by atoms with Crippen LogP contribution in [0.4, 0.5) is 26.3 Å². The fourth-order valence-electron chi connectivity index (χ4n) is 13.3. The van der Waals surface area contributed by atoms with Crippen molar-refractivity contribution in [1.29, 1.82) is 0 Å². The molecule has 0 aliphatic heterocycles. The third-order valence-corrected chi connectivity index (χ3v) is 26.4. The highest BCUT2D eigenvalue weighted by Gasteiger charge is 2.44. The Morgan fingerprint density at radius 2 is 0.488 bits per heavy atom. The van der Waals surface area contributed by atoms with Crippen molar-refractivity contribution in [2.75, 3.05) is 0 Å². The SMILES string of the molecule is FC(F)(F)c1ccc(-c2ccc(C(F)(F)F)c(-n3c4ccc([Si](c5ccccc5)(c5ccccc5)c5ccccc5)cc4c4cc([Si](c5ccccc5)(c5ccccc5)c5ccccc5)ccc43)c2)cc1-n1c2ccccc2c2ccccc21. The summed E-state index contributed by atoms with van der Waals surface area (Å²) in [6.45, 7) is 0. The van der Waals surface area contributed by atoms with Crippen LogP contribution < -0.4 is 41.5 Å². The van der Waals surface area contributed by atoms with Gasteiger partial charge < -0.3 is 9.13 Å². The van der Waals surface area contributed by atoms with Gasteiger partial charge in [0.05, 0.1) is 44.6 Å². The lowest BCUT2D eigenvalue weighted by Crippen LogP contribution is -2.74. The Hall–Kier alpha value is -9.75. The zero-order chi connectivity index (χ0) is 57.2. The number of nitrogens with zero attached hydrogens (tertiary/aromatic N) is 2. The number of rotatable bonds is 11. The Morgan fingerprint density at radius 1 is 0.226 bits per heavy atom. The summed E-state index contributed by atoms with van der Waals surface area (Å²) in [4.78, 5) is 0. The molecule has 14 rings (SSSR count). The third-order valence-electron chi connectivity index (χ3n) is 16.9. The second kappa shape index (κ2) is 20.6. The predicted octanol–water partition coefficient (Wildman–Crippen LogP) is 14.3. The molecule has 2 heterocycles. The molecule has 0 fully saturated rings. The van der Waals surface area contributed by atoms with Crippen molar-refractivity contribution in [3.63, 3.8) is 0 Å². The molecule has 2 nitrogen and oxygen atoms in total. The minimum atomic E-state index is -4.85. The van der Waals surface area contributed by atoms with Crippen LogP contribution >= 0.6 is 0 Å². The first-order valence-corrected chi connectivity index (χ1v) is 31.8. The van der Waals surface area contributed by atoms with Gasteiger partial charge in [-0.15, -0.1) is 0 Å². The van der Waals surface area contributed by atoms with Crippen molar-refractivity contribution in [3.05, 3.63) is 314 Å². The smallest absolute Gasteiger partial charge is 0.309 e. The van der Waals surface area contributed by atoms with Gasteiger partial charge in [0, 0.05) is 21.5 Å². The summed E-state index contributed by atoms with van der Waals surface area (Å²) in [7, 11) is -6.44. The van der Waals surface area contributed by atoms with Crippen molar-refractivity contribution >= 4 is 101 Å². The Balaban J connectivity index is 1.09. The summed E-state index contributed by atoms with van der Waals surface area (Å²) in [6, 6.07) is 98.1. The van der Waals surface area contributed by atoms with Crippen LogP contribution in [0.2, 0.25) is 0 Å². The second-order valence-electron chi connectivity index (χ2n) is 21.3. The van der Waals surface area contributed by atoms with E-state index in [1.54, 1.807) is 33.4 Å². The van der Waals surface area contributed by atoms with Crippen molar-refractivity contribution in [2.45, 2.75) is 12.4 Å². The molecule has 0 unspecified atom stereocenters. The van der Waals surface area contributed by atoms with Crippen molar-refractivity contribution in [3.8, 4) is 22.5 Å². The van der Waals surface area contributed by atoms with Gasteiger partial charge in [0.2, 0.25) is 0 Å². The van der Waals surface area contributed by atoms with Gasteiger partial charge in [0.15, 0.2) is 16.1 Å². The van der Waals surface area contributed by atoms with Gasteiger partial charge in [-0.05, 0) is 101 Å². The van der Waals surface area contributed by atoms with Gasteiger partial charge in [0.25, 0.3) is 0 Å². The summed E-state index contributed by atoms with van der Waals surface area (Å²) in [5.41, 5.74) is 0.768. The minimum Gasteiger partial charge on any atom is -0.309 e. The van der Waals surface area contributed by atoms with Crippen LogP contribution in [0.5, 0.6) is 0 Å². The molecule has 0 atom stereocenters. The summed E-state index contributed by atoms with van der Waals surface area (Å²) in [6.07, 6.45) is -9.62. The van der Waals surface area contributed by atoms with E-state index in [0.717, 1.165) is 75.2 Å². The number of para-hydroxylation sites is 2. The molecular weight excluding hydrogens is 1090 g/mol. The molecule has 0 saturated carbocycles. The highest BCUT2D eigenvalue weighted by molar-refractivity contribution is 7.20. The number of fused-ring (bicyclic) bond motifs is 6. The Bertz CT molecular complexity index is 4310. The molecule has 0 bridgehead atoms. The van der Waals surface area contributed by atoms with Crippen LogP contribution in [0.1, 0.15) is 11.1 Å². The molecule has 84 heavy (non-hydrogen) atoms. The van der Waals surface area contributed by atoms with Crippen LogP contribution in [0, 0.1) is 0 Å². The number of alkyl halides is 6. The van der Waals surface area contributed by atoms with E-state index in [4.69, 9.17) is 0 Å². The first kappa shape index (κ1) is 52.3. The Morgan fingerprint density at radius 3 is 0.774 bits per heavy atom. The molecule has 0 N–H and O–H groups in total. The molecule has 0 aliphatic rings. The number of aromatic nitrogens is 2. The largest absolute Gasteiger partial charge is 0.418 e. The number of halogens is 6. The molecule has 406 valence electrons. The molecular formula is C74H50F6N2Si2. The first-order chi connectivity index (χ1) is 41.0. The molecule has 0 saturated heterocycles. The molecule has 10 heteroatoms. The van der Waals surface area contributed by atoms with E-state index in [2.05, 4.69) is 170 Å². The van der Waals surface area contributed by atoms with Gasteiger partial charge in [-0.2, -0.15) is 26.3 Å². The zero-order valence-corrected chi connectivity index (χ0v) is 47.0. The molecule has 0 spiro atoms. The highest BCUT2D eigenvalue weighted by atomic mass is 28.3. The van der Waals surface area contributed by atoms with Crippen LogP contribution in [0.25, 0.3) is 66.1 Å². The minimum absolute atomic E-state index is 0.137. The summed E-state index contributed by atoms with van der Waals surface area (Å²) < 4.78 is 97.8. The van der Waals surface area contributed by atoms with Crippen LogP contribution in [0.15, 0.2) is 303 Å². The lowest BCUT2D eigenvalue weighted by atomic mass is 9.99. The van der Waals surface area contributed by atoms with Crippen LogP contribution in [-0.4, -0.2) is 25.3 Å². The molecule has 0 radical (unpaired) electrons. The fraction of sp³-hybridized carbons (Fsp3) is 0.0270. The van der Waals surface area contributed by atoms with Crippen molar-refractivity contribution in [2.24, 2.45) is 0 Å². The lowest BCUT2D eigenvalue weighted by Gasteiger charge is -2.34. The van der Waals surface area contributed by atoms with E-state index >= 15 is 26.3 Å². The molecule has 0 aliphatic carbocycles. The highest BCUT2D eigenvalue weighted by Crippen LogP contribution is 2.44. The monoisotopic (exact) mass is 1140 g/mol. The molecule has 0 amide bonds. The standard InChI is InChI=1S/C74H50F6N2Si2/c75-73(76,77)65-43-39-51(47-71(65)81-67-37-21-19-35-61(67)62-36-20-22-38-68(62)81)52-40-44-66(74(78,79)80)72(48-52)82-69-45-41-59(83(53-23-7-1-8-24-53,54-25-9-2-10-26-54)55-27-11-3-12-28-55)49-63(69)64-50-60(42-46-70(64)82)84(56-29-13-4-14-30-56,57-31-15-5-16-32-57)58-33-17-6-18-34-58/h1-50H. The summed E-state index contributed by atoms with van der Waals surface area (Å²) in [5.74, 6) is 0. The number of hydrogen-bond donors (Lipinski definition) is 0. The van der Waals surface area contributed by atoms with Crippen LogP contribution in [-0.2, 0) is 12.4 Å². The summed E-state index contributed by atoms with van der Waals surface area (Å²) in [5, 5.41) is 11.9.